The summed E-state index contributed by atoms with van der Waals surface area (Å²) in [6.45, 7) is 6.09. The van der Waals surface area contributed by atoms with Crippen LogP contribution in [-0.2, 0) is 18.6 Å². The van der Waals surface area contributed by atoms with Gasteiger partial charge >= 0.3 is 0 Å². The van der Waals surface area contributed by atoms with Gasteiger partial charge in [-0.15, -0.1) is 0 Å². The van der Waals surface area contributed by atoms with Crippen molar-refractivity contribution in [2.75, 3.05) is 0 Å². The number of hydrogen-bond acceptors (Lipinski definition) is 3. The smallest absolute Gasteiger partial charge is 0.0853 e. The van der Waals surface area contributed by atoms with E-state index in [4.69, 9.17) is 10.2 Å². The molecular formula is C11H17NO2. The Labute approximate surface area is 84.4 Å². The highest BCUT2D eigenvalue weighted by atomic mass is 16.3. The molecule has 0 aromatic carbocycles. The lowest BCUT2D eigenvalue weighted by molar-refractivity contribution is 0.265. The van der Waals surface area contributed by atoms with Gasteiger partial charge in [-0.05, 0) is 23.1 Å². The lowest BCUT2D eigenvalue weighted by Crippen LogP contribution is -2.13. The maximum atomic E-state index is 9.00. The molecule has 0 amide bonds. The zero-order valence-electron chi connectivity index (χ0n) is 8.91. The van der Waals surface area contributed by atoms with Crippen molar-refractivity contribution < 1.29 is 10.2 Å². The third-order valence-electron chi connectivity index (χ3n) is 2.12. The topological polar surface area (TPSA) is 53.4 Å². The van der Waals surface area contributed by atoms with Crippen LogP contribution >= 0.6 is 0 Å². The Morgan fingerprint density at radius 1 is 1.07 bits per heavy atom. The highest BCUT2D eigenvalue weighted by molar-refractivity contribution is 5.27. The van der Waals surface area contributed by atoms with E-state index < -0.39 is 0 Å². The molecule has 3 nitrogen and oxygen atoms in total. The highest BCUT2D eigenvalue weighted by Gasteiger charge is 2.15. The lowest BCUT2D eigenvalue weighted by Gasteiger charge is -2.20. The molecule has 1 aromatic heterocycles. The summed E-state index contributed by atoms with van der Waals surface area (Å²) in [4.78, 5) is 4.08. The number of rotatable bonds is 2. The van der Waals surface area contributed by atoms with Gasteiger partial charge in [-0.1, -0.05) is 20.8 Å². The largest absolute Gasteiger partial charge is 0.390 e. The fraction of sp³-hybridized carbons (Fsp3) is 0.545. The average Bonchev–Trinajstić information content (AvgIpc) is 2.15. The Morgan fingerprint density at radius 2 is 1.50 bits per heavy atom. The lowest BCUT2D eigenvalue weighted by atomic mass is 9.87. The molecule has 0 spiro atoms. The van der Waals surface area contributed by atoms with Crippen LogP contribution in [0.15, 0.2) is 12.1 Å². The van der Waals surface area contributed by atoms with Gasteiger partial charge in [0.25, 0.3) is 0 Å². The van der Waals surface area contributed by atoms with Crippen LogP contribution in [-0.4, -0.2) is 15.2 Å². The number of aliphatic hydroxyl groups is 2. The summed E-state index contributed by atoms with van der Waals surface area (Å²) in [7, 11) is 0. The predicted octanol–water partition coefficient (Wildman–Crippen LogP) is 1.36. The van der Waals surface area contributed by atoms with Gasteiger partial charge in [-0.3, -0.25) is 4.98 Å². The molecule has 0 atom stereocenters. The molecule has 1 aromatic rings. The normalized spacial score (nSPS) is 11.8. The molecular weight excluding hydrogens is 178 g/mol. The monoisotopic (exact) mass is 195 g/mol. The summed E-state index contributed by atoms with van der Waals surface area (Å²) in [6.07, 6.45) is 0. The molecule has 0 radical (unpaired) electrons. The Kier molecular flexibility index (Phi) is 3.24. The molecule has 1 heterocycles. The molecule has 78 valence electrons. The number of hydrogen-bond donors (Lipinski definition) is 2. The van der Waals surface area contributed by atoms with E-state index in [0.717, 1.165) is 5.56 Å². The van der Waals surface area contributed by atoms with Crippen molar-refractivity contribution in [1.82, 2.24) is 4.98 Å². The Bertz CT molecular complexity index is 293. The predicted molar refractivity (Wildman–Crippen MR) is 54.8 cm³/mol. The van der Waals surface area contributed by atoms with E-state index in [1.165, 1.54) is 0 Å². The fourth-order valence-corrected chi connectivity index (χ4v) is 1.24. The summed E-state index contributed by atoms with van der Waals surface area (Å²) in [5.41, 5.74) is 2.32. The maximum absolute atomic E-state index is 9.00. The summed E-state index contributed by atoms with van der Waals surface area (Å²) in [6, 6.07) is 3.75. The number of aliphatic hydroxyl groups excluding tert-OH is 2. The van der Waals surface area contributed by atoms with Crippen molar-refractivity contribution in [3.05, 3.63) is 29.1 Å². The second-order valence-electron chi connectivity index (χ2n) is 4.40. The zero-order valence-corrected chi connectivity index (χ0v) is 8.91. The summed E-state index contributed by atoms with van der Waals surface area (Å²) in [5, 5.41) is 18.0. The Morgan fingerprint density at radius 3 is 1.79 bits per heavy atom. The minimum atomic E-state index is -0.0864. The third-order valence-corrected chi connectivity index (χ3v) is 2.12. The number of nitrogens with zero attached hydrogens (tertiary/aromatic N) is 1. The first kappa shape index (κ1) is 11.1. The minimum Gasteiger partial charge on any atom is -0.390 e. The van der Waals surface area contributed by atoms with E-state index in [1.807, 2.05) is 12.1 Å². The molecule has 0 aliphatic carbocycles. The van der Waals surface area contributed by atoms with Gasteiger partial charge in [0.15, 0.2) is 0 Å². The first-order valence-electron chi connectivity index (χ1n) is 4.69. The zero-order chi connectivity index (χ0) is 10.8. The average molecular weight is 195 g/mol. The Hall–Kier alpha value is -0.930. The van der Waals surface area contributed by atoms with Crippen molar-refractivity contribution in [3.63, 3.8) is 0 Å². The van der Waals surface area contributed by atoms with Crippen LogP contribution in [0.4, 0.5) is 0 Å². The maximum Gasteiger partial charge on any atom is 0.0853 e. The molecule has 0 fully saturated rings. The van der Waals surface area contributed by atoms with E-state index >= 15 is 0 Å². The summed E-state index contributed by atoms with van der Waals surface area (Å²) >= 11 is 0. The van der Waals surface area contributed by atoms with Crippen LogP contribution in [0.1, 0.15) is 37.7 Å². The molecule has 2 N–H and O–H groups in total. The van der Waals surface area contributed by atoms with Gasteiger partial charge in [0.2, 0.25) is 0 Å². The standard InChI is InChI=1S/C11H17NO2/c1-11(2,3)8-4-9(6-13)12-10(5-8)7-14/h4-5,13-14H,6-7H2,1-3H3. The molecule has 3 heteroatoms. The Balaban J connectivity index is 3.17. The third kappa shape index (κ3) is 2.53. The minimum absolute atomic E-state index is 0.0107. The number of aromatic nitrogens is 1. The van der Waals surface area contributed by atoms with Gasteiger partial charge in [0.05, 0.1) is 24.6 Å². The van der Waals surface area contributed by atoms with Gasteiger partial charge in [-0.2, -0.15) is 0 Å². The second-order valence-corrected chi connectivity index (χ2v) is 4.40. The molecule has 0 saturated carbocycles. The van der Waals surface area contributed by atoms with Crippen molar-refractivity contribution in [3.8, 4) is 0 Å². The van der Waals surface area contributed by atoms with Crippen molar-refractivity contribution in [1.29, 1.82) is 0 Å². The fourth-order valence-electron chi connectivity index (χ4n) is 1.24. The van der Waals surface area contributed by atoms with E-state index in [0.29, 0.717) is 11.4 Å². The molecule has 0 saturated heterocycles. The van der Waals surface area contributed by atoms with Crippen LogP contribution in [0.3, 0.4) is 0 Å². The molecule has 0 bridgehead atoms. The van der Waals surface area contributed by atoms with Crippen LogP contribution < -0.4 is 0 Å². The van der Waals surface area contributed by atoms with E-state index in [-0.39, 0.29) is 18.6 Å². The number of pyridine rings is 1. The summed E-state index contributed by atoms with van der Waals surface area (Å²) < 4.78 is 0. The van der Waals surface area contributed by atoms with E-state index in [9.17, 15) is 0 Å². The molecule has 0 aliphatic heterocycles. The first-order chi connectivity index (χ1) is 6.47. The van der Waals surface area contributed by atoms with Crippen LogP contribution in [0, 0.1) is 0 Å². The molecule has 0 aliphatic rings. The highest BCUT2D eigenvalue weighted by Crippen LogP contribution is 2.23. The summed E-state index contributed by atoms with van der Waals surface area (Å²) in [5.74, 6) is 0. The van der Waals surface area contributed by atoms with Gasteiger partial charge in [0.1, 0.15) is 0 Å². The van der Waals surface area contributed by atoms with Crippen LogP contribution in [0.25, 0.3) is 0 Å². The van der Waals surface area contributed by atoms with Crippen molar-refractivity contribution >= 4 is 0 Å². The molecule has 0 unspecified atom stereocenters. The SMILES string of the molecule is CC(C)(C)c1cc(CO)nc(CO)c1. The van der Waals surface area contributed by atoms with Crippen molar-refractivity contribution in [2.24, 2.45) is 0 Å². The van der Waals surface area contributed by atoms with Crippen molar-refractivity contribution in [2.45, 2.75) is 39.4 Å². The first-order valence-corrected chi connectivity index (χ1v) is 4.69. The second kappa shape index (κ2) is 4.07. The van der Waals surface area contributed by atoms with Crippen LogP contribution in [0.2, 0.25) is 0 Å². The van der Waals surface area contributed by atoms with Gasteiger partial charge in [-0.25, -0.2) is 0 Å². The van der Waals surface area contributed by atoms with Gasteiger partial charge in [0, 0.05) is 0 Å². The van der Waals surface area contributed by atoms with Crippen LogP contribution in [0.5, 0.6) is 0 Å². The molecule has 1 rings (SSSR count). The van der Waals surface area contributed by atoms with E-state index in [2.05, 4.69) is 25.8 Å². The van der Waals surface area contributed by atoms with E-state index in [1.54, 1.807) is 0 Å². The quantitative estimate of drug-likeness (QED) is 0.749. The molecule has 14 heavy (non-hydrogen) atoms. The van der Waals surface area contributed by atoms with Gasteiger partial charge < -0.3 is 10.2 Å².